The first-order chi connectivity index (χ1) is 6.55. The Hall–Kier alpha value is 0. The summed E-state index contributed by atoms with van der Waals surface area (Å²) < 4.78 is 0. The summed E-state index contributed by atoms with van der Waals surface area (Å²) in [7, 11) is 0. The van der Waals surface area contributed by atoms with E-state index in [2.05, 4.69) is 34.6 Å². The Morgan fingerprint density at radius 3 is 2.29 bits per heavy atom. The van der Waals surface area contributed by atoms with Gasteiger partial charge in [-0.25, -0.2) is 0 Å². The molecule has 0 aromatic rings. The molecule has 0 saturated heterocycles. The molecular formula is C14H29. The third kappa shape index (κ3) is 6.45. The SMILES string of the molecule is [CH2]CCC(C)(C)CC(CC)CCCC. The van der Waals surface area contributed by atoms with Crippen LogP contribution in [-0.4, -0.2) is 0 Å². The normalized spacial score (nSPS) is 14.4. The van der Waals surface area contributed by atoms with Crippen LogP contribution in [0.3, 0.4) is 0 Å². The van der Waals surface area contributed by atoms with Crippen molar-refractivity contribution in [1.29, 1.82) is 0 Å². The lowest BCUT2D eigenvalue weighted by Crippen LogP contribution is -2.16. The summed E-state index contributed by atoms with van der Waals surface area (Å²) in [5.41, 5.74) is 0.510. The minimum atomic E-state index is 0.510. The van der Waals surface area contributed by atoms with Gasteiger partial charge in [-0.3, -0.25) is 0 Å². The first kappa shape index (κ1) is 14.0. The minimum absolute atomic E-state index is 0.510. The van der Waals surface area contributed by atoms with Crippen molar-refractivity contribution in [3.05, 3.63) is 6.92 Å². The molecule has 0 N–H and O–H groups in total. The van der Waals surface area contributed by atoms with Gasteiger partial charge in [0, 0.05) is 0 Å². The second-order valence-corrected chi connectivity index (χ2v) is 5.39. The lowest BCUT2D eigenvalue weighted by atomic mass is 9.77. The minimum Gasteiger partial charge on any atom is -0.0654 e. The zero-order valence-electron chi connectivity index (χ0n) is 10.7. The van der Waals surface area contributed by atoms with E-state index >= 15 is 0 Å². The summed E-state index contributed by atoms with van der Waals surface area (Å²) in [6.07, 6.45) is 9.26. The molecule has 1 unspecified atom stereocenters. The second kappa shape index (κ2) is 7.31. The maximum atomic E-state index is 3.97. The van der Waals surface area contributed by atoms with E-state index in [-0.39, 0.29) is 0 Å². The van der Waals surface area contributed by atoms with Crippen LogP contribution in [0.15, 0.2) is 0 Å². The molecule has 0 fully saturated rings. The van der Waals surface area contributed by atoms with Crippen LogP contribution in [0.2, 0.25) is 0 Å². The fraction of sp³-hybridized carbons (Fsp3) is 0.929. The van der Waals surface area contributed by atoms with Crippen LogP contribution < -0.4 is 0 Å². The highest BCUT2D eigenvalue weighted by atomic mass is 14.3. The maximum absolute atomic E-state index is 3.97. The topological polar surface area (TPSA) is 0 Å². The van der Waals surface area contributed by atoms with E-state index in [4.69, 9.17) is 0 Å². The van der Waals surface area contributed by atoms with Crippen molar-refractivity contribution >= 4 is 0 Å². The Kier molecular flexibility index (Phi) is 7.31. The smallest absolute Gasteiger partial charge is 0.0352 e. The Bertz CT molecular complexity index is 124. The second-order valence-electron chi connectivity index (χ2n) is 5.39. The molecule has 1 radical (unpaired) electrons. The van der Waals surface area contributed by atoms with Gasteiger partial charge < -0.3 is 0 Å². The molecule has 1 atom stereocenters. The average molecular weight is 197 g/mol. The lowest BCUT2D eigenvalue weighted by Gasteiger charge is -2.29. The van der Waals surface area contributed by atoms with Crippen molar-refractivity contribution < 1.29 is 0 Å². The van der Waals surface area contributed by atoms with Crippen LogP contribution in [0.5, 0.6) is 0 Å². The van der Waals surface area contributed by atoms with E-state index in [1.807, 2.05) is 0 Å². The van der Waals surface area contributed by atoms with Crippen molar-refractivity contribution in [2.45, 2.75) is 72.6 Å². The molecule has 0 amide bonds. The fourth-order valence-electron chi connectivity index (χ4n) is 2.31. The average Bonchev–Trinajstić information content (AvgIpc) is 2.12. The molecule has 0 aliphatic carbocycles. The highest BCUT2D eigenvalue weighted by Crippen LogP contribution is 2.33. The molecule has 0 saturated carbocycles. The molecule has 0 heteroatoms. The van der Waals surface area contributed by atoms with Gasteiger partial charge >= 0.3 is 0 Å². The molecule has 0 aromatic heterocycles. The summed E-state index contributed by atoms with van der Waals surface area (Å²) >= 11 is 0. The Balaban J connectivity index is 3.89. The summed E-state index contributed by atoms with van der Waals surface area (Å²) in [5.74, 6) is 0.941. The van der Waals surface area contributed by atoms with Crippen LogP contribution in [0.4, 0.5) is 0 Å². The highest BCUT2D eigenvalue weighted by Gasteiger charge is 2.21. The molecule has 0 heterocycles. The zero-order valence-corrected chi connectivity index (χ0v) is 10.7. The molecule has 0 aliphatic heterocycles. The standard InChI is InChI=1S/C14H29/c1-6-9-10-13(8-3)12-14(4,5)11-7-2/h13H,2,6-12H2,1,3-5H3. The predicted octanol–water partition coefficient (Wildman–Crippen LogP) is 5.23. The first-order valence-electron chi connectivity index (χ1n) is 6.35. The van der Waals surface area contributed by atoms with E-state index in [1.165, 1.54) is 38.5 Å². The van der Waals surface area contributed by atoms with Crippen LogP contribution in [0, 0.1) is 18.3 Å². The van der Waals surface area contributed by atoms with Crippen LogP contribution >= 0.6 is 0 Å². The van der Waals surface area contributed by atoms with Gasteiger partial charge in [-0.2, -0.15) is 0 Å². The highest BCUT2D eigenvalue weighted by molar-refractivity contribution is 4.73. The summed E-state index contributed by atoms with van der Waals surface area (Å²) in [4.78, 5) is 0. The molecule has 0 aromatic carbocycles. The molecular weight excluding hydrogens is 168 g/mol. The molecule has 0 rings (SSSR count). The van der Waals surface area contributed by atoms with E-state index in [1.54, 1.807) is 0 Å². The fourth-order valence-corrected chi connectivity index (χ4v) is 2.31. The van der Waals surface area contributed by atoms with Gasteiger partial charge in [0.1, 0.15) is 0 Å². The van der Waals surface area contributed by atoms with Crippen LogP contribution in [-0.2, 0) is 0 Å². The van der Waals surface area contributed by atoms with Gasteiger partial charge in [0.25, 0.3) is 0 Å². The van der Waals surface area contributed by atoms with Crippen LogP contribution in [0.25, 0.3) is 0 Å². The van der Waals surface area contributed by atoms with Gasteiger partial charge in [0.2, 0.25) is 0 Å². The third-order valence-electron chi connectivity index (χ3n) is 3.24. The van der Waals surface area contributed by atoms with E-state index in [0.717, 1.165) is 12.3 Å². The Morgan fingerprint density at radius 1 is 1.21 bits per heavy atom. The maximum Gasteiger partial charge on any atom is -0.0352 e. The number of unbranched alkanes of at least 4 members (excludes halogenated alkanes) is 1. The molecule has 85 valence electrons. The molecule has 0 spiro atoms. The summed E-state index contributed by atoms with van der Waals surface area (Å²) in [6, 6.07) is 0. The van der Waals surface area contributed by atoms with E-state index in [0.29, 0.717) is 5.41 Å². The number of hydrogen-bond donors (Lipinski definition) is 0. The lowest BCUT2D eigenvalue weighted by molar-refractivity contribution is 0.233. The first-order valence-corrected chi connectivity index (χ1v) is 6.35. The monoisotopic (exact) mass is 197 g/mol. The predicted molar refractivity (Wildman–Crippen MR) is 66.3 cm³/mol. The largest absolute Gasteiger partial charge is 0.0654 e. The van der Waals surface area contributed by atoms with Gasteiger partial charge in [-0.1, -0.05) is 66.7 Å². The Labute approximate surface area is 91.5 Å². The van der Waals surface area contributed by atoms with E-state index < -0.39 is 0 Å². The molecule has 14 heavy (non-hydrogen) atoms. The Morgan fingerprint density at radius 2 is 1.86 bits per heavy atom. The molecule has 0 nitrogen and oxygen atoms in total. The number of hydrogen-bond acceptors (Lipinski definition) is 0. The van der Waals surface area contributed by atoms with Crippen molar-refractivity contribution in [1.82, 2.24) is 0 Å². The van der Waals surface area contributed by atoms with E-state index in [9.17, 15) is 0 Å². The van der Waals surface area contributed by atoms with Crippen LogP contribution in [0.1, 0.15) is 72.6 Å². The third-order valence-corrected chi connectivity index (χ3v) is 3.24. The summed E-state index contributed by atoms with van der Waals surface area (Å²) in [5, 5.41) is 0. The van der Waals surface area contributed by atoms with Gasteiger partial charge in [0.05, 0.1) is 0 Å². The van der Waals surface area contributed by atoms with Crippen molar-refractivity contribution in [2.75, 3.05) is 0 Å². The zero-order chi connectivity index (χ0) is 11.0. The molecule has 0 aliphatic rings. The van der Waals surface area contributed by atoms with Crippen molar-refractivity contribution in [2.24, 2.45) is 11.3 Å². The van der Waals surface area contributed by atoms with Gasteiger partial charge in [-0.05, 0) is 24.2 Å². The van der Waals surface area contributed by atoms with Crippen molar-refractivity contribution in [3.63, 3.8) is 0 Å². The summed E-state index contributed by atoms with van der Waals surface area (Å²) in [6.45, 7) is 13.4. The quantitative estimate of drug-likeness (QED) is 0.499. The number of rotatable bonds is 8. The van der Waals surface area contributed by atoms with Gasteiger partial charge in [0.15, 0.2) is 0 Å². The van der Waals surface area contributed by atoms with Gasteiger partial charge in [-0.15, -0.1) is 0 Å². The molecule has 0 bridgehead atoms. The van der Waals surface area contributed by atoms with Crippen molar-refractivity contribution in [3.8, 4) is 0 Å².